The number of rotatable bonds is 4. The second-order valence-corrected chi connectivity index (χ2v) is 8.05. The van der Waals surface area contributed by atoms with Gasteiger partial charge < -0.3 is 0 Å². The van der Waals surface area contributed by atoms with Crippen LogP contribution < -0.4 is 4.90 Å². The molecule has 0 fully saturated rings. The second-order valence-electron chi connectivity index (χ2n) is 7.13. The number of hydrogen-bond donors (Lipinski definition) is 1. The predicted octanol–water partition coefficient (Wildman–Crippen LogP) is 5.50. The van der Waals surface area contributed by atoms with Crippen molar-refractivity contribution in [3.05, 3.63) is 110 Å². The summed E-state index contributed by atoms with van der Waals surface area (Å²) in [6.07, 6.45) is 0. The highest BCUT2D eigenvalue weighted by molar-refractivity contribution is 9.10. The number of nitro benzene ring substituents is 1. The quantitative estimate of drug-likeness (QED) is 0.312. The van der Waals surface area contributed by atoms with E-state index in [2.05, 4.69) is 26.1 Å². The molecule has 0 aliphatic carbocycles. The maximum atomic E-state index is 13.4. The third-order valence-corrected chi connectivity index (χ3v) is 5.87. The molecule has 1 N–H and O–H groups in total. The molecule has 3 aromatic carbocycles. The molecule has 7 nitrogen and oxygen atoms in total. The number of benzene rings is 3. The lowest BCUT2D eigenvalue weighted by molar-refractivity contribution is -0.384. The molecule has 0 unspecified atom stereocenters. The van der Waals surface area contributed by atoms with Crippen LogP contribution in [0.5, 0.6) is 0 Å². The Balaban J connectivity index is 1.69. The summed E-state index contributed by atoms with van der Waals surface area (Å²) in [7, 11) is 0. The Labute approximate surface area is 185 Å². The number of fused-ring (bicyclic) bond motifs is 1. The maximum absolute atomic E-state index is 13.4. The van der Waals surface area contributed by atoms with Crippen molar-refractivity contribution in [2.24, 2.45) is 0 Å². The van der Waals surface area contributed by atoms with Crippen LogP contribution in [0, 0.1) is 10.1 Å². The van der Waals surface area contributed by atoms with Gasteiger partial charge in [0.25, 0.3) is 11.6 Å². The van der Waals surface area contributed by atoms with Crippen LogP contribution in [0.15, 0.2) is 83.3 Å². The smallest absolute Gasteiger partial charge is 0.277 e. The summed E-state index contributed by atoms with van der Waals surface area (Å²) in [5.74, 6) is -0.171. The highest BCUT2D eigenvalue weighted by Crippen LogP contribution is 2.45. The van der Waals surface area contributed by atoms with Crippen molar-refractivity contribution in [2.45, 2.75) is 6.04 Å². The molecule has 1 aliphatic rings. The monoisotopic (exact) mass is 474 g/mol. The number of carbonyl (C=O) groups is 1. The molecule has 0 bridgehead atoms. The van der Waals surface area contributed by atoms with Crippen LogP contribution in [-0.4, -0.2) is 21.0 Å². The Morgan fingerprint density at radius 3 is 2.29 bits per heavy atom. The van der Waals surface area contributed by atoms with Crippen LogP contribution in [0.2, 0.25) is 0 Å². The van der Waals surface area contributed by atoms with Gasteiger partial charge in [-0.1, -0.05) is 46.3 Å². The van der Waals surface area contributed by atoms with Gasteiger partial charge in [-0.15, -0.1) is 0 Å². The molecule has 4 aromatic rings. The van der Waals surface area contributed by atoms with E-state index in [4.69, 9.17) is 0 Å². The molecule has 152 valence electrons. The van der Waals surface area contributed by atoms with Crippen LogP contribution in [0.25, 0.3) is 11.3 Å². The van der Waals surface area contributed by atoms with Gasteiger partial charge in [0.2, 0.25) is 0 Å². The van der Waals surface area contributed by atoms with E-state index >= 15 is 0 Å². The van der Waals surface area contributed by atoms with Crippen molar-refractivity contribution in [3.63, 3.8) is 0 Å². The SMILES string of the molecule is O=C1c2[nH]nc(-c3ccc([N+](=O)[O-])cc3)c2[C@H](c2ccc(Br)cc2)N1c1ccccc1. The number of para-hydroxylation sites is 1. The van der Waals surface area contributed by atoms with Gasteiger partial charge in [0.15, 0.2) is 0 Å². The number of halogens is 1. The van der Waals surface area contributed by atoms with E-state index in [-0.39, 0.29) is 17.6 Å². The van der Waals surface area contributed by atoms with Gasteiger partial charge in [-0.25, -0.2) is 0 Å². The second kappa shape index (κ2) is 7.48. The molecule has 2 heterocycles. The Bertz CT molecular complexity index is 1280. The van der Waals surface area contributed by atoms with Gasteiger partial charge in [-0.3, -0.25) is 24.9 Å². The normalized spacial score (nSPS) is 15.2. The van der Waals surface area contributed by atoms with Crippen LogP contribution in [0.1, 0.15) is 27.7 Å². The van der Waals surface area contributed by atoms with E-state index in [0.717, 1.165) is 21.3 Å². The molecular weight excluding hydrogens is 460 g/mol. The average Bonchev–Trinajstić information content (AvgIpc) is 3.34. The summed E-state index contributed by atoms with van der Waals surface area (Å²) in [5.41, 5.74) is 4.19. The molecule has 0 saturated carbocycles. The van der Waals surface area contributed by atoms with Crippen molar-refractivity contribution in [2.75, 3.05) is 4.90 Å². The molecule has 5 rings (SSSR count). The first kappa shape index (κ1) is 19.2. The number of nitrogens with zero attached hydrogens (tertiary/aromatic N) is 3. The third-order valence-electron chi connectivity index (χ3n) is 5.34. The molecule has 1 amide bonds. The summed E-state index contributed by atoms with van der Waals surface area (Å²) >= 11 is 3.47. The lowest BCUT2D eigenvalue weighted by Crippen LogP contribution is -2.29. The van der Waals surface area contributed by atoms with Gasteiger partial charge in [0, 0.05) is 33.4 Å². The number of carbonyl (C=O) groups excluding carboxylic acids is 1. The summed E-state index contributed by atoms with van der Waals surface area (Å²) in [5, 5.41) is 18.3. The molecule has 31 heavy (non-hydrogen) atoms. The third kappa shape index (κ3) is 3.21. The lowest BCUT2D eigenvalue weighted by Gasteiger charge is -2.26. The zero-order valence-electron chi connectivity index (χ0n) is 16.0. The van der Waals surface area contributed by atoms with E-state index in [1.807, 2.05) is 54.6 Å². The molecule has 1 aromatic heterocycles. The van der Waals surface area contributed by atoms with Crippen LogP contribution >= 0.6 is 15.9 Å². The van der Waals surface area contributed by atoms with Gasteiger partial charge in [-0.05, 0) is 42.0 Å². The van der Waals surface area contributed by atoms with Gasteiger partial charge in [0.1, 0.15) is 5.69 Å². The Kier molecular flexibility index (Phi) is 4.63. The summed E-state index contributed by atoms with van der Waals surface area (Å²) in [6.45, 7) is 0. The fourth-order valence-electron chi connectivity index (χ4n) is 3.92. The Morgan fingerprint density at radius 1 is 0.968 bits per heavy atom. The van der Waals surface area contributed by atoms with Gasteiger partial charge >= 0.3 is 0 Å². The minimum absolute atomic E-state index is 0.00220. The topological polar surface area (TPSA) is 92.1 Å². The van der Waals surface area contributed by atoms with Crippen molar-refractivity contribution in [1.29, 1.82) is 0 Å². The van der Waals surface area contributed by atoms with Crippen molar-refractivity contribution < 1.29 is 9.72 Å². The largest absolute Gasteiger partial charge is 0.295 e. The first-order valence-corrected chi connectivity index (χ1v) is 10.3. The van der Waals surface area contributed by atoms with E-state index in [1.54, 1.807) is 17.0 Å². The molecule has 1 aliphatic heterocycles. The first-order valence-electron chi connectivity index (χ1n) is 9.52. The number of H-pyrrole nitrogens is 1. The van der Waals surface area contributed by atoms with Crippen LogP contribution in [0.4, 0.5) is 11.4 Å². The number of aromatic amines is 1. The Hall–Kier alpha value is -3.78. The van der Waals surface area contributed by atoms with Crippen LogP contribution in [0.3, 0.4) is 0 Å². The number of hydrogen-bond acceptors (Lipinski definition) is 4. The van der Waals surface area contributed by atoms with Crippen molar-refractivity contribution in [3.8, 4) is 11.3 Å². The number of nitrogens with one attached hydrogen (secondary N) is 1. The summed E-state index contributed by atoms with van der Waals surface area (Å²) < 4.78 is 0.940. The molecule has 0 radical (unpaired) electrons. The zero-order valence-corrected chi connectivity index (χ0v) is 17.6. The maximum Gasteiger partial charge on any atom is 0.277 e. The predicted molar refractivity (Wildman–Crippen MR) is 120 cm³/mol. The fraction of sp³-hybridized carbons (Fsp3) is 0.0435. The average molecular weight is 475 g/mol. The minimum Gasteiger partial charge on any atom is -0.295 e. The van der Waals surface area contributed by atoms with E-state index < -0.39 is 4.92 Å². The standard InChI is InChI=1S/C23H15BrN4O3/c24-16-10-6-15(7-11-16)22-19-20(14-8-12-18(13-9-14)28(30)31)25-26-21(19)23(29)27(22)17-4-2-1-3-5-17/h1-13,22H,(H,25,26)/t22-/m0/s1. The molecule has 0 spiro atoms. The van der Waals surface area contributed by atoms with Crippen molar-refractivity contribution in [1.82, 2.24) is 10.2 Å². The highest BCUT2D eigenvalue weighted by Gasteiger charge is 2.43. The van der Waals surface area contributed by atoms with Crippen molar-refractivity contribution >= 4 is 33.2 Å². The number of aromatic nitrogens is 2. The molecule has 0 saturated heterocycles. The molecule has 1 atom stereocenters. The minimum atomic E-state index is -0.440. The number of non-ortho nitro benzene ring substituents is 1. The van der Waals surface area contributed by atoms with Gasteiger partial charge in [-0.2, -0.15) is 5.10 Å². The number of nitro groups is 1. The van der Waals surface area contributed by atoms with E-state index in [9.17, 15) is 14.9 Å². The zero-order chi connectivity index (χ0) is 21.5. The van der Waals surface area contributed by atoms with E-state index in [1.165, 1.54) is 12.1 Å². The highest BCUT2D eigenvalue weighted by atomic mass is 79.9. The Morgan fingerprint density at radius 2 is 1.65 bits per heavy atom. The van der Waals surface area contributed by atoms with E-state index in [0.29, 0.717) is 17.0 Å². The summed E-state index contributed by atoms with van der Waals surface area (Å²) in [6, 6.07) is 23.1. The fourth-order valence-corrected chi connectivity index (χ4v) is 4.19. The number of anilines is 1. The first-order chi connectivity index (χ1) is 15.0. The number of amides is 1. The van der Waals surface area contributed by atoms with Crippen LogP contribution in [-0.2, 0) is 0 Å². The molecule has 8 heteroatoms. The summed E-state index contributed by atoms with van der Waals surface area (Å²) in [4.78, 5) is 25.7. The molecular formula is C23H15BrN4O3. The lowest BCUT2D eigenvalue weighted by atomic mass is 9.96. The van der Waals surface area contributed by atoms with Gasteiger partial charge in [0.05, 0.1) is 16.7 Å².